The van der Waals surface area contributed by atoms with E-state index in [1.54, 1.807) is 0 Å². The number of rotatable bonds is 8. The minimum Gasteiger partial charge on any atom is -0.338 e. The van der Waals surface area contributed by atoms with Crippen molar-refractivity contribution >= 4 is 0 Å². The van der Waals surface area contributed by atoms with Gasteiger partial charge in [0.1, 0.15) is 0 Å². The van der Waals surface area contributed by atoms with E-state index in [1.165, 1.54) is 0 Å². The molecule has 5 heteroatoms. The summed E-state index contributed by atoms with van der Waals surface area (Å²) in [5, 5.41) is 6.94. The number of hydrogen-bond donors (Lipinski definition) is 1. The molecule has 17 heavy (non-hydrogen) atoms. The summed E-state index contributed by atoms with van der Waals surface area (Å²) < 4.78 is 5.10. The molecular formula is C12H20N4O. The second-order valence-corrected chi connectivity index (χ2v) is 3.69. The Labute approximate surface area is 103 Å². The molecule has 0 fully saturated rings. The van der Waals surface area contributed by atoms with Gasteiger partial charge in [0.2, 0.25) is 5.89 Å². The van der Waals surface area contributed by atoms with E-state index in [4.69, 9.17) is 10.9 Å². The first-order valence-electron chi connectivity index (χ1n) is 5.98. The van der Waals surface area contributed by atoms with Gasteiger partial charge in [-0.2, -0.15) is 4.98 Å². The van der Waals surface area contributed by atoms with Gasteiger partial charge < -0.3 is 9.42 Å². The summed E-state index contributed by atoms with van der Waals surface area (Å²) in [6, 6.07) is 0. The SMILES string of the molecule is C#CCNCc1nc(CCN(CC)CC)no1. The zero-order valence-corrected chi connectivity index (χ0v) is 10.6. The first-order valence-corrected chi connectivity index (χ1v) is 5.98. The van der Waals surface area contributed by atoms with Crippen molar-refractivity contribution in [2.75, 3.05) is 26.2 Å². The first kappa shape index (κ1) is 13.7. The van der Waals surface area contributed by atoms with E-state index in [1.807, 2.05) is 0 Å². The molecule has 0 saturated carbocycles. The van der Waals surface area contributed by atoms with Gasteiger partial charge in [-0.05, 0) is 13.1 Å². The van der Waals surface area contributed by atoms with Crippen LogP contribution in [0.25, 0.3) is 0 Å². The third kappa shape index (κ3) is 4.98. The predicted molar refractivity (Wildman–Crippen MR) is 66.3 cm³/mol. The van der Waals surface area contributed by atoms with Gasteiger partial charge in [-0.15, -0.1) is 6.42 Å². The third-order valence-electron chi connectivity index (χ3n) is 2.56. The monoisotopic (exact) mass is 236 g/mol. The van der Waals surface area contributed by atoms with Crippen molar-refractivity contribution in [3.05, 3.63) is 11.7 Å². The predicted octanol–water partition coefficient (Wildman–Crippen LogP) is 0.677. The highest BCUT2D eigenvalue weighted by molar-refractivity contribution is 4.90. The fourth-order valence-corrected chi connectivity index (χ4v) is 1.50. The largest absolute Gasteiger partial charge is 0.338 e. The van der Waals surface area contributed by atoms with Gasteiger partial charge in [-0.1, -0.05) is 24.9 Å². The molecule has 1 rings (SSSR count). The average molecular weight is 236 g/mol. The van der Waals surface area contributed by atoms with Gasteiger partial charge in [-0.3, -0.25) is 5.32 Å². The lowest BCUT2D eigenvalue weighted by molar-refractivity contribution is 0.302. The van der Waals surface area contributed by atoms with Crippen molar-refractivity contribution in [2.24, 2.45) is 0 Å². The molecule has 94 valence electrons. The summed E-state index contributed by atoms with van der Waals surface area (Å²) in [7, 11) is 0. The smallest absolute Gasteiger partial charge is 0.240 e. The molecule has 0 aliphatic rings. The van der Waals surface area contributed by atoms with Crippen LogP contribution in [0.15, 0.2) is 4.52 Å². The van der Waals surface area contributed by atoms with E-state index in [-0.39, 0.29) is 0 Å². The minimum atomic E-state index is 0.511. The zero-order chi connectivity index (χ0) is 12.5. The van der Waals surface area contributed by atoms with Crippen molar-refractivity contribution < 1.29 is 4.52 Å². The Kier molecular flexibility index (Phi) is 6.30. The minimum absolute atomic E-state index is 0.511. The van der Waals surface area contributed by atoms with Gasteiger partial charge in [0.25, 0.3) is 0 Å². The molecule has 0 saturated heterocycles. The fourth-order valence-electron chi connectivity index (χ4n) is 1.50. The van der Waals surface area contributed by atoms with E-state index in [0.717, 1.165) is 31.9 Å². The van der Waals surface area contributed by atoms with Crippen LogP contribution >= 0.6 is 0 Å². The lowest BCUT2D eigenvalue weighted by Gasteiger charge is -2.16. The van der Waals surface area contributed by atoms with Crippen LogP contribution < -0.4 is 5.32 Å². The maximum atomic E-state index is 5.12. The molecule has 5 nitrogen and oxygen atoms in total. The molecule has 0 aliphatic carbocycles. The van der Waals surface area contributed by atoms with Crippen LogP contribution in [0.2, 0.25) is 0 Å². The molecule has 1 aromatic rings. The standard InChI is InChI=1S/C12H20N4O/c1-4-8-13-10-12-14-11(15-17-12)7-9-16(5-2)6-3/h1,13H,5-10H2,2-3H3. The van der Waals surface area contributed by atoms with Gasteiger partial charge in [0, 0.05) is 13.0 Å². The molecule has 0 unspecified atom stereocenters. The maximum Gasteiger partial charge on any atom is 0.240 e. The second kappa shape index (κ2) is 7.82. The van der Waals surface area contributed by atoms with Gasteiger partial charge in [-0.25, -0.2) is 0 Å². The second-order valence-electron chi connectivity index (χ2n) is 3.69. The van der Waals surface area contributed by atoms with E-state index in [0.29, 0.717) is 19.0 Å². The van der Waals surface area contributed by atoms with Crippen LogP contribution in [0, 0.1) is 12.3 Å². The number of nitrogens with one attached hydrogen (secondary N) is 1. The number of aromatic nitrogens is 2. The fraction of sp³-hybridized carbons (Fsp3) is 0.667. The molecule has 1 N–H and O–H groups in total. The Balaban J connectivity index is 2.33. The quantitative estimate of drug-likeness (QED) is 0.531. The molecule has 0 spiro atoms. The molecule has 1 aromatic heterocycles. The van der Waals surface area contributed by atoms with Crippen LogP contribution in [0.5, 0.6) is 0 Å². The lowest BCUT2D eigenvalue weighted by atomic mass is 10.3. The molecular weight excluding hydrogens is 216 g/mol. The summed E-state index contributed by atoms with van der Waals surface area (Å²) in [6.45, 7) is 8.39. The van der Waals surface area contributed by atoms with Crippen molar-refractivity contribution in [1.82, 2.24) is 20.4 Å². The number of hydrogen-bond acceptors (Lipinski definition) is 5. The van der Waals surface area contributed by atoms with E-state index in [9.17, 15) is 0 Å². The Morgan fingerprint density at radius 3 is 2.82 bits per heavy atom. The van der Waals surface area contributed by atoms with Crippen molar-refractivity contribution in [1.29, 1.82) is 0 Å². The molecule has 0 aromatic carbocycles. The molecule has 0 radical (unpaired) electrons. The average Bonchev–Trinajstić information content (AvgIpc) is 2.79. The Morgan fingerprint density at radius 2 is 2.18 bits per heavy atom. The van der Waals surface area contributed by atoms with Crippen LogP contribution in [0.1, 0.15) is 25.6 Å². The topological polar surface area (TPSA) is 54.2 Å². The van der Waals surface area contributed by atoms with Crippen molar-refractivity contribution in [3.8, 4) is 12.3 Å². The van der Waals surface area contributed by atoms with Crippen LogP contribution in [-0.2, 0) is 13.0 Å². The Hall–Kier alpha value is -1.38. The molecule has 0 amide bonds. The number of likely N-dealkylation sites (N-methyl/N-ethyl adjacent to an activating group) is 1. The summed E-state index contributed by atoms with van der Waals surface area (Å²) in [5.74, 6) is 3.84. The highest BCUT2D eigenvalue weighted by Crippen LogP contribution is 1.99. The highest BCUT2D eigenvalue weighted by Gasteiger charge is 2.07. The van der Waals surface area contributed by atoms with Gasteiger partial charge >= 0.3 is 0 Å². The molecule has 0 atom stereocenters. The van der Waals surface area contributed by atoms with Gasteiger partial charge in [0.15, 0.2) is 5.82 Å². The summed E-state index contributed by atoms with van der Waals surface area (Å²) in [5.41, 5.74) is 0. The van der Waals surface area contributed by atoms with Crippen LogP contribution in [0.4, 0.5) is 0 Å². The molecule has 0 bridgehead atoms. The number of terminal acetylenes is 1. The number of nitrogens with zero attached hydrogens (tertiary/aromatic N) is 3. The van der Waals surface area contributed by atoms with Gasteiger partial charge in [0.05, 0.1) is 13.1 Å². The molecule has 0 aliphatic heterocycles. The Morgan fingerprint density at radius 1 is 1.41 bits per heavy atom. The first-order chi connectivity index (χ1) is 8.30. The molecule has 1 heterocycles. The summed E-state index contributed by atoms with van der Waals surface area (Å²) >= 11 is 0. The highest BCUT2D eigenvalue weighted by atomic mass is 16.5. The van der Waals surface area contributed by atoms with Crippen LogP contribution in [-0.4, -0.2) is 41.2 Å². The summed E-state index contributed by atoms with van der Waals surface area (Å²) in [4.78, 5) is 6.61. The van der Waals surface area contributed by atoms with E-state index >= 15 is 0 Å². The third-order valence-corrected chi connectivity index (χ3v) is 2.56. The van der Waals surface area contributed by atoms with E-state index in [2.05, 4.69) is 40.1 Å². The maximum absolute atomic E-state index is 5.12. The lowest BCUT2D eigenvalue weighted by Crippen LogP contribution is -2.25. The van der Waals surface area contributed by atoms with Crippen molar-refractivity contribution in [2.45, 2.75) is 26.8 Å². The Bertz CT molecular complexity index is 352. The summed E-state index contributed by atoms with van der Waals surface area (Å²) in [6.07, 6.45) is 5.94. The van der Waals surface area contributed by atoms with E-state index < -0.39 is 0 Å². The van der Waals surface area contributed by atoms with Crippen LogP contribution in [0.3, 0.4) is 0 Å². The zero-order valence-electron chi connectivity index (χ0n) is 10.6. The normalized spacial score (nSPS) is 10.7. The van der Waals surface area contributed by atoms with Crippen molar-refractivity contribution in [3.63, 3.8) is 0 Å².